The van der Waals surface area contributed by atoms with Gasteiger partial charge in [-0.15, -0.1) is 0 Å². The van der Waals surface area contributed by atoms with E-state index in [1.165, 1.54) is 88.7 Å². The Bertz CT molecular complexity index is 1120. The van der Waals surface area contributed by atoms with E-state index in [0.29, 0.717) is 0 Å². The lowest BCUT2D eigenvalue weighted by atomic mass is 9.78. The van der Waals surface area contributed by atoms with Crippen LogP contribution in [0.15, 0.2) is 0 Å². The Morgan fingerprint density at radius 3 is 0.857 bits per heavy atom. The van der Waals surface area contributed by atoms with Gasteiger partial charge in [0.05, 0.1) is 0 Å². The van der Waals surface area contributed by atoms with Crippen molar-refractivity contribution in [2.24, 2.45) is 0 Å². The van der Waals surface area contributed by atoms with Gasteiger partial charge in [-0.2, -0.15) is 0 Å². The Balaban J connectivity index is 2.64. The van der Waals surface area contributed by atoms with E-state index in [9.17, 15) is 0 Å². The highest BCUT2D eigenvalue weighted by Gasteiger charge is 2.22. The molecule has 0 fully saturated rings. The van der Waals surface area contributed by atoms with Crippen molar-refractivity contribution >= 4 is 10.8 Å². The summed E-state index contributed by atoms with van der Waals surface area (Å²) < 4.78 is 0. The van der Waals surface area contributed by atoms with Crippen molar-refractivity contribution in [1.82, 2.24) is 0 Å². The maximum Gasteiger partial charge on any atom is -0.0111 e. The molecule has 0 saturated carbocycles. The van der Waals surface area contributed by atoms with Crippen LogP contribution in [-0.4, -0.2) is 0 Å². The molecule has 0 amide bonds. The van der Waals surface area contributed by atoms with Crippen LogP contribution in [0.5, 0.6) is 0 Å². The van der Waals surface area contributed by atoms with E-state index in [4.69, 9.17) is 0 Å². The third-order valence-corrected chi connectivity index (χ3v) is 8.00. The van der Waals surface area contributed by atoms with Gasteiger partial charge in [0.15, 0.2) is 0 Å². The van der Waals surface area contributed by atoms with E-state index in [1.807, 2.05) is 0 Å². The highest BCUT2D eigenvalue weighted by atomic mass is 14.3. The topological polar surface area (TPSA) is 0 Å². The molecule has 3 rings (SSSR count). The van der Waals surface area contributed by atoms with Crippen LogP contribution in [-0.2, 0) is 0 Å². The molecule has 0 heterocycles. The molecule has 0 spiro atoms. The molecule has 0 aromatic heterocycles. The van der Waals surface area contributed by atoms with E-state index in [1.54, 1.807) is 0 Å². The third kappa shape index (κ3) is 2.57. The summed E-state index contributed by atoms with van der Waals surface area (Å²) in [6.45, 7) is 27.6. The monoisotopic (exact) mass is 372 g/mol. The van der Waals surface area contributed by atoms with E-state index in [-0.39, 0.29) is 0 Å². The molecule has 3 aromatic carbocycles. The molecule has 0 heteroatoms. The van der Waals surface area contributed by atoms with E-state index in [0.717, 1.165) is 0 Å². The fourth-order valence-corrected chi connectivity index (χ4v) is 5.28. The highest BCUT2D eigenvalue weighted by Crippen LogP contribution is 2.44. The molecular formula is C28H36. The SMILES string of the molecule is Cc1c(C)c(C)c(-c2c(C)c(C)c3c(C)c(C)c(C)c(C)c3c2C)c(C)c1C. The summed E-state index contributed by atoms with van der Waals surface area (Å²) in [5, 5.41) is 2.93. The predicted molar refractivity (Wildman–Crippen MR) is 126 cm³/mol. The quantitative estimate of drug-likeness (QED) is 0.404. The van der Waals surface area contributed by atoms with Gasteiger partial charge in [-0.1, -0.05) is 0 Å². The van der Waals surface area contributed by atoms with E-state index in [2.05, 4.69) is 83.1 Å². The van der Waals surface area contributed by atoms with Gasteiger partial charge in [-0.05, 0) is 172 Å². The van der Waals surface area contributed by atoms with Crippen molar-refractivity contribution in [1.29, 1.82) is 0 Å². The Labute approximate surface area is 172 Å². The lowest BCUT2D eigenvalue weighted by molar-refractivity contribution is 1.17. The maximum atomic E-state index is 2.34. The predicted octanol–water partition coefficient (Wildman–Crippen LogP) is 8.21. The molecule has 0 aliphatic heterocycles. The normalized spacial score (nSPS) is 11.6. The Hall–Kier alpha value is -2.08. The molecular weight excluding hydrogens is 336 g/mol. The third-order valence-electron chi connectivity index (χ3n) is 8.00. The number of aryl methyl sites for hydroxylation is 4. The summed E-state index contributed by atoms with van der Waals surface area (Å²) in [6, 6.07) is 0. The molecule has 0 radical (unpaired) electrons. The van der Waals surface area contributed by atoms with Gasteiger partial charge in [0.2, 0.25) is 0 Å². The minimum atomic E-state index is 1.43. The van der Waals surface area contributed by atoms with Crippen LogP contribution >= 0.6 is 0 Å². The highest BCUT2D eigenvalue weighted by molar-refractivity contribution is 6.01. The molecule has 148 valence electrons. The Morgan fingerprint density at radius 2 is 0.429 bits per heavy atom. The second kappa shape index (κ2) is 6.76. The van der Waals surface area contributed by atoms with Crippen molar-refractivity contribution in [3.05, 3.63) is 66.8 Å². The molecule has 0 saturated heterocycles. The number of hydrogen-bond acceptors (Lipinski definition) is 0. The van der Waals surface area contributed by atoms with Crippen LogP contribution in [0.2, 0.25) is 0 Å². The molecule has 0 unspecified atom stereocenters. The minimum absolute atomic E-state index is 1.43. The van der Waals surface area contributed by atoms with Crippen LogP contribution in [0.4, 0.5) is 0 Å². The molecule has 0 aliphatic rings. The van der Waals surface area contributed by atoms with Gasteiger partial charge in [-0.3, -0.25) is 0 Å². The summed E-state index contributed by atoms with van der Waals surface area (Å²) in [7, 11) is 0. The lowest BCUT2D eigenvalue weighted by Crippen LogP contribution is -2.05. The summed E-state index contributed by atoms with van der Waals surface area (Å²) >= 11 is 0. The molecule has 0 bridgehead atoms. The van der Waals surface area contributed by atoms with Gasteiger partial charge >= 0.3 is 0 Å². The molecule has 0 aliphatic carbocycles. The summed E-state index contributed by atoms with van der Waals surface area (Å²) in [6.07, 6.45) is 0. The van der Waals surface area contributed by atoms with Crippen molar-refractivity contribution in [3.8, 4) is 11.1 Å². The first-order valence-electron chi connectivity index (χ1n) is 10.5. The lowest BCUT2D eigenvalue weighted by Gasteiger charge is -2.26. The van der Waals surface area contributed by atoms with Gasteiger partial charge in [-0.25, -0.2) is 0 Å². The van der Waals surface area contributed by atoms with Gasteiger partial charge < -0.3 is 0 Å². The zero-order chi connectivity index (χ0) is 21.2. The second-order valence-corrected chi connectivity index (χ2v) is 9.00. The average Bonchev–Trinajstić information content (AvgIpc) is 2.66. The molecule has 3 aromatic rings. The first-order valence-corrected chi connectivity index (χ1v) is 10.5. The number of fused-ring (bicyclic) bond motifs is 1. The van der Waals surface area contributed by atoms with Crippen molar-refractivity contribution in [2.75, 3.05) is 0 Å². The molecule has 0 N–H and O–H groups in total. The average molecular weight is 373 g/mol. The van der Waals surface area contributed by atoms with Crippen LogP contribution in [0, 0.1) is 83.1 Å². The summed E-state index contributed by atoms with van der Waals surface area (Å²) in [4.78, 5) is 0. The number of rotatable bonds is 1. The molecule has 28 heavy (non-hydrogen) atoms. The summed E-state index contributed by atoms with van der Waals surface area (Å²) in [5.41, 5.74) is 20.2. The zero-order valence-electron chi connectivity index (χ0n) is 20.0. The van der Waals surface area contributed by atoms with E-state index >= 15 is 0 Å². The standard InChI is InChI=1S/C28H36/c1-13-14(2)18(6)25(19(7)15(13)3)28-23(11)22(10)26-20(8)16(4)17(5)21(9)27(26)24(28)12/h1-12H3. The van der Waals surface area contributed by atoms with Crippen molar-refractivity contribution in [3.63, 3.8) is 0 Å². The van der Waals surface area contributed by atoms with Gasteiger partial charge in [0, 0.05) is 0 Å². The smallest absolute Gasteiger partial charge is 0.0111 e. The first-order chi connectivity index (χ1) is 12.9. The second-order valence-electron chi connectivity index (χ2n) is 9.00. The van der Waals surface area contributed by atoms with Gasteiger partial charge in [0.1, 0.15) is 0 Å². The Kier molecular flexibility index (Phi) is 4.99. The largest absolute Gasteiger partial charge is 0.0447 e. The molecule has 0 atom stereocenters. The van der Waals surface area contributed by atoms with Crippen LogP contribution in [0.25, 0.3) is 21.9 Å². The summed E-state index contributed by atoms with van der Waals surface area (Å²) in [5.74, 6) is 0. The van der Waals surface area contributed by atoms with E-state index < -0.39 is 0 Å². The Morgan fingerprint density at radius 1 is 0.214 bits per heavy atom. The van der Waals surface area contributed by atoms with Crippen LogP contribution < -0.4 is 0 Å². The van der Waals surface area contributed by atoms with Gasteiger partial charge in [0.25, 0.3) is 0 Å². The van der Waals surface area contributed by atoms with Crippen molar-refractivity contribution < 1.29 is 0 Å². The molecule has 0 nitrogen and oxygen atoms in total. The minimum Gasteiger partial charge on any atom is -0.0447 e. The first kappa shape index (κ1) is 20.6. The van der Waals surface area contributed by atoms with Crippen LogP contribution in [0.1, 0.15) is 66.8 Å². The number of hydrogen-bond donors (Lipinski definition) is 0. The van der Waals surface area contributed by atoms with Crippen molar-refractivity contribution in [2.45, 2.75) is 83.1 Å². The number of benzene rings is 3. The maximum absolute atomic E-state index is 2.34. The fourth-order valence-electron chi connectivity index (χ4n) is 5.28. The zero-order valence-corrected chi connectivity index (χ0v) is 20.0. The van der Waals surface area contributed by atoms with Crippen LogP contribution in [0.3, 0.4) is 0 Å². The fraction of sp³-hybridized carbons (Fsp3) is 0.429.